The minimum absolute atomic E-state index is 0.0577. The van der Waals surface area contributed by atoms with E-state index in [9.17, 15) is 4.39 Å². The molecule has 30 heavy (non-hydrogen) atoms. The molecule has 3 rings (SSSR count). The van der Waals surface area contributed by atoms with Crippen molar-refractivity contribution in [2.24, 2.45) is 11.7 Å². The van der Waals surface area contributed by atoms with Crippen LogP contribution in [0.1, 0.15) is 30.2 Å². The van der Waals surface area contributed by atoms with Gasteiger partial charge in [0.05, 0.1) is 24.7 Å². The second kappa shape index (κ2) is 10.4. The highest BCUT2D eigenvalue weighted by Crippen LogP contribution is 2.24. The van der Waals surface area contributed by atoms with Gasteiger partial charge < -0.3 is 25.5 Å². The molecule has 1 aliphatic heterocycles. The molecule has 7 nitrogen and oxygen atoms in total. The molecule has 2 aromatic rings. The molecule has 3 N–H and O–H groups in total. The number of hydrogen-bond acceptors (Lipinski definition) is 7. The van der Waals surface area contributed by atoms with Gasteiger partial charge in [-0.25, -0.2) is 9.97 Å². The number of hydrogen-bond donors (Lipinski definition) is 2. The van der Waals surface area contributed by atoms with Crippen molar-refractivity contribution < 1.29 is 13.9 Å². The average molecular weight is 416 g/mol. The van der Waals surface area contributed by atoms with Crippen LogP contribution in [0, 0.1) is 11.3 Å². The SMILES string of the molecule is COCC(C)Oc1ccc(CC(=N)c2cc(N3CCC(CF)C3)ncn2)c(CN)c1. The number of methoxy groups -OCH3 is 1. The minimum atomic E-state index is -0.309. The number of alkyl halides is 1. The monoisotopic (exact) mass is 415 g/mol. The van der Waals surface area contributed by atoms with E-state index in [0.29, 0.717) is 37.5 Å². The highest BCUT2D eigenvalue weighted by molar-refractivity contribution is 5.98. The molecule has 0 saturated carbocycles. The first-order valence-electron chi connectivity index (χ1n) is 10.2. The van der Waals surface area contributed by atoms with Crippen LogP contribution in [0.4, 0.5) is 10.2 Å². The van der Waals surface area contributed by atoms with Crippen molar-refractivity contribution >= 4 is 11.5 Å². The van der Waals surface area contributed by atoms with E-state index < -0.39 is 0 Å². The maximum Gasteiger partial charge on any atom is 0.132 e. The lowest BCUT2D eigenvalue weighted by atomic mass is 10.00. The first kappa shape index (κ1) is 22.1. The van der Waals surface area contributed by atoms with E-state index in [1.54, 1.807) is 7.11 Å². The van der Waals surface area contributed by atoms with Crippen molar-refractivity contribution in [2.45, 2.75) is 32.4 Å². The van der Waals surface area contributed by atoms with Crippen molar-refractivity contribution in [2.75, 3.05) is 38.4 Å². The Labute approximate surface area is 176 Å². The maximum atomic E-state index is 12.9. The third kappa shape index (κ3) is 5.52. The van der Waals surface area contributed by atoms with Crippen LogP contribution in [-0.4, -0.2) is 55.3 Å². The molecule has 0 spiro atoms. The van der Waals surface area contributed by atoms with Gasteiger partial charge in [0.15, 0.2) is 0 Å². The van der Waals surface area contributed by atoms with Crippen LogP contribution < -0.4 is 15.4 Å². The zero-order chi connectivity index (χ0) is 21.5. The number of benzene rings is 1. The number of ether oxygens (including phenoxy) is 2. The maximum absolute atomic E-state index is 12.9. The van der Waals surface area contributed by atoms with E-state index in [1.807, 2.05) is 31.2 Å². The standard InChI is InChI=1S/C22H30FN5O2/c1-15(13-29-2)30-19-4-3-17(18(7-19)11-24)8-20(25)21-9-22(27-14-26-21)28-6-5-16(10-23)12-28/h3-4,7,9,14-16,25H,5-6,8,10-13,24H2,1-2H3. The van der Waals surface area contributed by atoms with Crippen molar-refractivity contribution in [1.82, 2.24) is 9.97 Å². The second-order valence-electron chi connectivity index (χ2n) is 7.69. The zero-order valence-electron chi connectivity index (χ0n) is 17.6. The number of rotatable bonds is 10. The molecule has 0 radical (unpaired) electrons. The molecule has 2 heterocycles. The van der Waals surface area contributed by atoms with Gasteiger partial charge in [-0.05, 0) is 36.6 Å². The molecular weight excluding hydrogens is 385 g/mol. The summed E-state index contributed by atoms with van der Waals surface area (Å²) in [6.07, 6.45) is 2.64. The molecule has 0 amide bonds. The largest absolute Gasteiger partial charge is 0.488 e. The van der Waals surface area contributed by atoms with E-state index in [1.165, 1.54) is 6.33 Å². The summed E-state index contributed by atoms with van der Waals surface area (Å²) >= 11 is 0. The quantitative estimate of drug-likeness (QED) is 0.579. The Morgan fingerprint density at radius 3 is 2.87 bits per heavy atom. The van der Waals surface area contributed by atoms with Crippen molar-refractivity contribution in [1.29, 1.82) is 5.41 Å². The third-order valence-electron chi connectivity index (χ3n) is 5.29. The number of nitrogens with zero attached hydrogens (tertiary/aromatic N) is 3. The van der Waals surface area contributed by atoms with Crippen LogP contribution >= 0.6 is 0 Å². The molecule has 0 aliphatic carbocycles. The molecule has 162 valence electrons. The van der Waals surface area contributed by atoms with Crippen molar-refractivity contribution in [3.8, 4) is 5.75 Å². The Balaban J connectivity index is 1.70. The lowest BCUT2D eigenvalue weighted by Crippen LogP contribution is -2.22. The van der Waals surface area contributed by atoms with Gasteiger partial charge in [0.1, 0.15) is 24.0 Å². The molecule has 1 fully saturated rings. The van der Waals surface area contributed by atoms with Crippen LogP contribution in [0.2, 0.25) is 0 Å². The van der Waals surface area contributed by atoms with E-state index in [0.717, 1.165) is 35.7 Å². The molecular formula is C22H30FN5O2. The molecule has 1 aromatic carbocycles. The molecule has 2 atom stereocenters. The smallest absolute Gasteiger partial charge is 0.132 e. The van der Waals surface area contributed by atoms with E-state index >= 15 is 0 Å². The highest BCUT2D eigenvalue weighted by atomic mass is 19.1. The fourth-order valence-corrected chi connectivity index (χ4v) is 3.67. The van der Waals surface area contributed by atoms with Crippen molar-refractivity contribution in [3.63, 3.8) is 0 Å². The summed E-state index contributed by atoms with van der Waals surface area (Å²) in [5, 5.41) is 8.55. The molecule has 1 aromatic heterocycles. The summed E-state index contributed by atoms with van der Waals surface area (Å²) in [5.74, 6) is 1.54. The number of nitrogens with one attached hydrogen (secondary N) is 1. The highest BCUT2D eigenvalue weighted by Gasteiger charge is 2.24. The van der Waals surface area contributed by atoms with Gasteiger partial charge in [-0.2, -0.15) is 0 Å². The van der Waals surface area contributed by atoms with E-state index in [-0.39, 0.29) is 18.7 Å². The van der Waals surface area contributed by atoms with Gasteiger partial charge in [0.2, 0.25) is 0 Å². The van der Waals surface area contributed by atoms with Gasteiger partial charge in [-0.15, -0.1) is 0 Å². The topological polar surface area (TPSA) is 97.4 Å². The van der Waals surface area contributed by atoms with E-state index in [4.69, 9.17) is 20.6 Å². The van der Waals surface area contributed by atoms with E-state index in [2.05, 4.69) is 14.9 Å². The van der Waals surface area contributed by atoms with Crippen molar-refractivity contribution in [3.05, 3.63) is 47.4 Å². The number of nitrogens with two attached hydrogens (primary N) is 1. The summed E-state index contributed by atoms with van der Waals surface area (Å²) < 4.78 is 23.9. The zero-order valence-corrected chi connectivity index (χ0v) is 17.6. The molecule has 0 bridgehead atoms. The fraction of sp³-hybridized carbons (Fsp3) is 0.500. The lowest BCUT2D eigenvalue weighted by Gasteiger charge is -2.18. The fourth-order valence-electron chi connectivity index (χ4n) is 3.67. The Hall–Kier alpha value is -2.58. The summed E-state index contributed by atoms with van der Waals surface area (Å²) in [6, 6.07) is 7.57. The molecule has 1 aliphatic rings. The van der Waals surface area contributed by atoms with Gasteiger partial charge in [0.25, 0.3) is 0 Å². The Morgan fingerprint density at radius 1 is 1.33 bits per heavy atom. The summed E-state index contributed by atoms with van der Waals surface area (Å²) in [6.45, 7) is 3.92. The van der Waals surface area contributed by atoms with Crippen LogP contribution in [-0.2, 0) is 17.7 Å². The number of halogens is 1. The third-order valence-corrected chi connectivity index (χ3v) is 5.29. The summed E-state index contributed by atoms with van der Waals surface area (Å²) in [4.78, 5) is 10.6. The van der Waals surface area contributed by atoms with Crippen LogP contribution in [0.3, 0.4) is 0 Å². The van der Waals surface area contributed by atoms with Gasteiger partial charge in [-0.1, -0.05) is 6.07 Å². The first-order valence-corrected chi connectivity index (χ1v) is 10.2. The first-order chi connectivity index (χ1) is 14.5. The van der Waals surface area contributed by atoms with Crippen LogP contribution in [0.15, 0.2) is 30.6 Å². The van der Waals surface area contributed by atoms with Crippen LogP contribution in [0.25, 0.3) is 0 Å². The Bertz CT molecular complexity index is 863. The Morgan fingerprint density at radius 2 is 2.17 bits per heavy atom. The van der Waals surface area contributed by atoms with Crippen LogP contribution in [0.5, 0.6) is 5.75 Å². The normalized spacial score (nSPS) is 17.2. The average Bonchev–Trinajstić information content (AvgIpc) is 3.24. The molecule has 8 heteroatoms. The van der Waals surface area contributed by atoms with Gasteiger partial charge in [-0.3, -0.25) is 4.39 Å². The second-order valence-corrected chi connectivity index (χ2v) is 7.69. The van der Waals surface area contributed by atoms with Gasteiger partial charge >= 0.3 is 0 Å². The molecule has 1 saturated heterocycles. The lowest BCUT2D eigenvalue weighted by molar-refractivity contribution is 0.0920. The summed E-state index contributed by atoms with van der Waals surface area (Å²) in [5.41, 5.74) is 8.80. The minimum Gasteiger partial charge on any atom is -0.488 e. The predicted molar refractivity (Wildman–Crippen MR) is 115 cm³/mol. The van der Waals surface area contributed by atoms with Gasteiger partial charge in [0, 0.05) is 45.1 Å². The Kier molecular flexibility index (Phi) is 7.70. The number of aromatic nitrogens is 2. The molecule has 2 unspecified atom stereocenters. The predicted octanol–water partition coefficient (Wildman–Crippen LogP) is 2.76. The number of anilines is 1. The summed E-state index contributed by atoms with van der Waals surface area (Å²) in [7, 11) is 1.64.